The molecule has 102 valence electrons. The third kappa shape index (κ3) is 3.20. The van der Waals surface area contributed by atoms with Gasteiger partial charge in [-0.3, -0.25) is 0 Å². The van der Waals surface area contributed by atoms with Gasteiger partial charge in [0, 0.05) is 31.9 Å². The van der Waals surface area contributed by atoms with Crippen LogP contribution in [-0.2, 0) is 0 Å². The molecule has 1 saturated heterocycles. The normalized spacial score (nSPS) is 17.2. The van der Waals surface area contributed by atoms with Gasteiger partial charge in [0.05, 0.1) is 10.6 Å². The van der Waals surface area contributed by atoms with Crippen LogP contribution >= 0.6 is 11.6 Å². The van der Waals surface area contributed by atoms with E-state index in [2.05, 4.69) is 29.8 Å². The average molecular weight is 278 g/mol. The summed E-state index contributed by atoms with van der Waals surface area (Å²) in [7, 11) is 2.12. The number of hydrogen-bond acceptors (Lipinski definition) is 3. The maximum absolute atomic E-state index is 8.90. The third-order valence-corrected chi connectivity index (χ3v) is 4.35. The van der Waals surface area contributed by atoms with Crippen LogP contribution in [0.5, 0.6) is 0 Å². The molecular formula is C15H20ClN3. The Balaban J connectivity index is 2.06. The summed E-state index contributed by atoms with van der Waals surface area (Å²) in [6.45, 7) is 5.68. The molecule has 0 N–H and O–H groups in total. The SMILES string of the molecule is CCN1CCC(N(C)c2ccc(C#N)c(Cl)c2)CC1. The Bertz CT molecular complexity index is 473. The van der Waals surface area contributed by atoms with Gasteiger partial charge in [0.15, 0.2) is 0 Å². The molecule has 0 amide bonds. The number of benzene rings is 1. The molecule has 0 unspecified atom stereocenters. The molecule has 0 radical (unpaired) electrons. The van der Waals surface area contributed by atoms with Gasteiger partial charge >= 0.3 is 0 Å². The molecule has 19 heavy (non-hydrogen) atoms. The van der Waals surface area contributed by atoms with Crippen molar-refractivity contribution in [1.29, 1.82) is 5.26 Å². The van der Waals surface area contributed by atoms with Crippen LogP contribution in [0.2, 0.25) is 5.02 Å². The third-order valence-electron chi connectivity index (χ3n) is 4.03. The molecule has 0 spiro atoms. The Hall–Kier alpha value is -1.24. The summed E-state index contributed by atoms with van der Waals surface area (Å²) < 4.78 is 0. The van der Waals surface area contributed by atoms with Crippen LogP contribution in [0.25, 0.3) is 0 Å². The van der Waals surface area contributed by atoms with E-state index >= 15 is 0 Å². The first-order valence-corrected chi connectivity index (χ1v) is 7.18. The first-order chi connectivity index (χ1) is 9.15. The molecule has 3 nitrogen and oxygen atoms in total. The summed E-state index contributed by atoms with van der Waals surface area (Å²) in [5, 5.41) is 9.44. The zero-order valence-electron chi connectivity index (χ0n) is 11.6. The minimum Gasteiger partial charge on any atom is -0.371 e. The highest BCUT2D eigenvalue weighted by Crippen LogP contribution is 2.26. The van der Waals surface area contributed by atoms with Crippen LogP contribution in [-0.4, -0.2) is 37.6 Å². The molecule has 2 rings (SSSR count). The molecule has 0 bridgehead atoms. The summed E-state index contributed by atoms with van der Waals surface area (Å²) >= 11 is 6.10. The fourth-order valence-electron chi connectivity index (χ4n) is 2.65. The van der Waals surface area contributed by atoms with Crippen molar-refractivity contribution in [2.75, 3.05) is 31.6 Å². The van der Waals surface area contributed by atoms with E-state index in [1.807, 2.05) is 12.1 Å². The summed E-state index contributed by atoms with van der Waals surface area (Å²) in [4.78, 5) is 4.77. The second-order valence-corrected chi connectivity index (χ2v) is 5.46. The molecule has 1 aromatic carbocycles. The van der Waals surface area contributed by atoms with Gasteiger partial charge in [-0.25, -0.2) is 0 Å². The molecule has 0 aliphatic carbocycles. The van der Waals surface area contributed by atoms with E-state index in [4.69, 9.17) is 16.9 Å². The number of rotatable bonds is 3. The van der Waals surface area contributed by atoms with Crippen molar-refractivity contribution in [3.05, 3.63) is 28.8 Å². The van der Waals surface area contributed by atoms with Gasteiger partial charge < -0.3 is 9.80 Å². The van der Waals surface area contributed by atoms with E-state index in [1.54, 1.807) is 6.07 Å². The first kappa shape index (κ1) is 14.2. The summed E-state index contributed by atoms with van der Waals surface area (Å²) in [5.74, 6) is 0. The largest absolute Gasteiger partial charge is 0.371 e. The van der Waals surface area contributed by atoms with Crippen molar-refractivity contribution in [3.63, 3.8) is 0 Å². The Morgan fingerprint density at radius 2 is 2.11 bits per heavy atom. The number of likely N-dealkylation sites (tertiary alicyclic amines) is 1. The van der Waals surface area contributed by atoms with E-state index in [1.165, 1.54) is 12.8 Å². The van der Waals surface area contributed by atoms with Gasteiger partial charge in [-0.15, -0.1) is 0 Å². The molecule has 4 heteroatoms. The fourth-order valence-corrected chi connectivity index (χ4v) is 2.86. The molecule has 1 aliphatic heterocycles. The molecule has 1 aromatic rings. The zero-order valence-corrected chi connectivity index (χ0v) is 12.3. The Morgan fingerprint density at radius 1 is 1.42 bits per heavy atom. The van der Waals surface area contributed by atoms with Crippen molar-refractivity contribution in [3.8, 4) is 6.07 Å². The van der Waals surface area contributed by atoms with E-state index in [-0.39, 0.29) is 0 Å². The van der Waals surface area contributed by atoms with E-state index in [9.17, 15) is 0 Å². The molecule has 1 aliphatic rings. The van der Waals surface area contributed by atoms with E-state index in [0.29, 0.717) is 16.6 Å². The highest BCUT2D eigenvalue weighted by molar-refractivity contribution is 6.32. The lowest BCUT2D eigenvalue weighted by Crippen LogP contribution is -2.43. The van der Waals surface area contributed by atoms with Gasteiger partial charge in [-0.1, -0.05) is 18.5 Å². The standard InChI is InChI=1S/C15H20ClN3/c1-3-19-8-6-13(7-9-19)18(2)14-5-4-12(11-17)15(16)10-14/h4-5,10,13H,3,6-9H2,1-2H3. The van der Waals surface area contributed by atoms with Gasteiger partial charge in [-0.05, 0) is 37.6 Å². The predicted molar refractivity (Wildman–Crippen MR) is 79.7 cm³/mol. The molecular weight excluding hydrogens is 258 g/mol. The number of anilines is 1. The summed E-state index contributed by atoms with van der Waals surface area (Å²) in [6, 6.07) is 8.34. The maximum Gasteiger partial charge on any atom is 0.101 e. The Morgan fingerprint density at radius 3 is 2.63 bits per heavy atom. The number of nitrogens with zero attached hydrogens (tertiary/aromatic N) is 3. The number of piperidine rings is 1. The molecule has 0 saturated carbocycles. The van der Waals surface area contributed by atoms with E-state index < -0.39 is 0 Å². The summed E-state index contributed by atoms with van der Waals surface area (Å²) in [5.41, 5.74) is 1.64. The molecule has 0 atom stereocenters. The second-order valence-electron chi connectivity index (χ2n) is 5.05. The quantitative estimate of drug-likeness (QED) is 0.850. The van der Waals surface area contributed by atoms with Gasteiger partial charge in [0.2, 0.25) is 0 Å². The predicted octanol–water partition coefficient (Wildman–Crippen LogP) is 3.13. The maximum atomic E-state index is 8.90. The lowest BCUT2D eigenvalue weighted by Gasteiger charge is -2.37. The van der Waals surface area contributed by atoms with E-state index in [0.717, 1.165) is 25.3 Å². The van der Waals surface area contributed by atoms with Gasteiger partial charge in [-0.2, -0.15) is 5.26 Å². The Kier molecular flexibility index (Phi) is 4.68. The molecule has 0 aromatic heterocycles. The zero-order chi connectivity index (χ0) is 13.8. The number of nitriles is 1. The summed E-state index contributed by atoms with van der Waals surface area (Å²) in [6.07, 6.45) is 2.37. The monoisotopic (exact) mass is 277 g/mol. The highest BCUT2D eigenvalue weighted by atomic mass is 35.5. The lowest BCUT2D eigenvalue weighted by molar-refractivity contribution is 0.221. The highest BCUT2D eigenvalue weighted by Gasteiger charge is 2.22. The fraction of sp³-hybridized carbons (Fsp3) is 0.533. The molecule has 1 heterocycles. The smallest absolute Gasteiger partial charge is 0.101 e. The topological polar surface area (TPSA) is 30.3 Å². The Labute approximate surface area is 120 Å². The van der Waals surface area contributed by atoms with Crippen LogP contribution in [0.3, 0.4) is 0 Å². The van der Waals surface area contributed by atoms with Gasteiger partial charge in [0.1, 0.15) is 6.07 Å². The van der Waals surface area contributed by atoms with Crippen molar-refractivity contribution in [1.82, 2.24) is 4.90 Å². The van der Waals surface area contributed by atoms with Crippen molar-refractivity contribution >= 4 is 17.3 Å². The van der Waals surface area contributed by atoms with Crippen LogP contribution in [0.1, 0.15) is 25.3 Å². The van der Waals surface area contributed by atoms with Crippen LogP contribution < -0.4 is 4.90 Å². The second kappa shape index (κ2) is 6.27. The average Bonchev–Trinajstić information content (AvgIpc) is 2.46. The molecule has 1 fully saturated rings. The van der Waals surface area contributed by atoms with Crippen LogP contribution in [0, 0.1) is 11.3 Å². The number of hydrogen-bond donors (Lipinski definition) is 0. The van der Waals surface area contributed by atoms with Crippen molar-refractivity contribution in [2.24, 2.45) is 0 Å². The minimum atomic E-state index is 0.540. The van der Waals surface area contributed by atoms with Crippen molar-refractivity contribution < 1.29 is 0 Å². The number of halogens is 1. The van der Waals surface area contributed by atoms with Crippen LogP contribution in [0.15, 0.2) is 18.2 Å². The first-order valence-electron chi connectivity index (χ1n) is 6.80. The minimum absolute atomic E-state index is 0.540. The van der Waals surface area contributed by atoms with Crippen molar-refractivity contribution in [2.45, 2.75) is 25.8 Å². The lowest BCUT2D eigenvalue weighted by atomic mass is 10.0. The van der Waals surface area contributed by atoms with Crippen LogP contribution in [0.4, 0.5) is 5.69 Å². The van der Waals surface area contributed by atoms with Gasteiger partial charge in [0.25, 0.3) is 0 Å².